The van der Waals surface area contributed by atoms with Crippen LogP contribution in [-0.4, -0.2) is 0 Å². The molecular formula is C11H9ClTi. The molecule has 0 atom stereocenters. The minimum atomic E-state index is 0.490. The molecule has 1 aliphatic rings. The Morgan fingerprint density at radius 1 is 1.08 bits per heavy atom. The minimum absolute atomic E-state index is 0.490. The van der Waals surface area contributed by atoms with Gasteiger partial charge < -0.3 is 0 Å². The monoisotopic (exact) mass is 224 g/mol. The molecule has 64 valence electrons. The van der Waals surface area contributed by atoms with Gasteiger partial charge in [-0.15, -0.1) is 0 Å². The Labute approximate surface area is 94.6 Å². The third-order valence-corrected chi connectivity index (χ3v) is 1.88. The maximum absolute atomic E-state index is 4.64. The molecule has 0 bridgehead atoms. The van der Waals surface area contributed by atoms with Gasteiger partial charge in [-0.25, -0.2) is 0 Å². The molecule has 13 heavy (non-hydrogen) atoms. The van der Waals surface area contributed by atoms with Crippen LogP contribution in [0.15, 0.2) is 48.6 Å². The van der Waals surface area contributed by atoms with Crippen LogP contribution < -0.4 is 0 Å². The van der Waals surface area contributed by atoms with Gasteiger partial charge in [0, 0.05) is 5.92 Å². The van der Waals surface area contributed by atoms with Crippen molar-refractivity contribution >= 4 is 9.30 Å². The van der Waals surface area contributed by atoms with Crippen LogP contribution in [0.2, 0.25) is 0 Å². The largest absolute Gasteiger partial charge is 0.0732 e. The van der Waals surface area contributed by atoms with Gasteiger partial charge in [0.25, 0.3) is 0 Å². The number of benzene rings is 1. The van der Waals surface area contributed by atoms with Crippen molar-refractivity contribution < 1.29 is 19.4 Å². The summed E-state index contributed by atoms with van der Waals surface area (Å²) in [6, 6.07) is 11.1. The Bertz CT molecular complexity index is 278. The zero-order chi connectivity index (χ0) is 9.52. The summed E-state index contributed by atoms with van der Waals surface area (Å²) in [5.41, 5.74) is 1.34. The van der Waals surface area contributed by atoms with Gasteiger partial charge in [-0.05, 0) is 11.6 Å². The Balaban J connectivity index is 0.000000396. The number of hydrogen-bond acceptors (Lipinski definition) is 0. The van der Waals surface area contributed by atoms with Gasteiger partial charge in [-0.3, -0.25) is 0 Å². The van der Waals surface area contributed by atoms with E-state index in [-0.39, 0.29) is 0 Å². The first-order chi connectivity index (χ1) is 6.47. The molecule has 1 aromatic carbocycles. The van der Waals surface area contributed by atoms with Gasteiger partial charge in [-0.2, -0.15) is 0 Å². The van der Waals surface area contributed by atoms with Crippen molar-refractivity contribution in [3.8, 4) is 0 Å². The van der Waals surface area contributed by atoms with Crippen molar-refractivity contribution in [1.82, 2.24) is 0 Å². The molecular weight excluding hydrogens is 215 g/mol. The molecule has 1 radical (unpaired) electrons. The van der Waals surface area contributed by atoms with E-state index in [1.165, 1.54) is 24.9 Å². The van der Waals surface area contributed by atoms with E-state index in [9.17, 15) is 0 Å². The molecule has 0 aliphatic heterocycles. The van der Waals surface area contributed by atoms with E-state index < -0.39 is 0 Å². The fourth-order valence-electron chi connectivity index (χ4n) is 1.28. The van der Waals surface area contributed by atoms with Gasteiger partial charge in [0.1, 0.15) is 0 Å². The van der Waals surface area contributed by atoms with Crippen LogP contribution in [0.5, 0.6) is 0 Å². The maximum atomic E-state index is 4.64. The van der Waals surface area contributed by atoms with Crippen LogP contribution in [0.1, 0.15) is 11.5 Å². The van der Waals surface area contributed by atoms with Gasteiger partial charge >= 0.3 is 28.7 Å². The van der Waals surface area contributed by atoms with Crippen LogP contribution >= 0.6 is 9.30 Å². The van der Waals surface area contributed by atoms with Crippen molar-refractivity contribution in [1.29, 1.82) is 0 Å². The van der Waals surface area contributed by atoms with E-state index in [2.05, 4.69) is 51.8 Å². The third kappa shape index (κ3) is 3.15. The second kappa shape index (κ2) is 6.20. The summed E-state index contributed by atoms with van der Waals surface area (Å²) in [6.45, 7) is 0. The number of halogens is 1. The molecule has 1 aliphatic carbocycles. The molecule has 0 saturated carbocycles. The molecule has 0 heterocycles. The molecule has 2 heteroatoms. The molecule has 0 unspecified atom stereocenters. The van der Waals surface area contributed by atoms with Gasteiger partial charge in [0.05, 0.1) is 0 Å². The number of allylic oxidation sites excluding steroid dienone is 4. The quantitative estimate of drug-likeness (QED) is 0.642. The molecule has 0 spiro atoms. The van der Waals surface area contributed by atoms with Gasteiger partial charge in [0.15, 0.2) is 0 Å². The molecule has 2 rings (SSSR count). The SMILES string of the molecule is [Cl][Ti].[c]1ccc(C2C=CC=C2)cc1. The summed E-state index contributed by atoms with van der Waals surface area (Å²) in [7, 11) is 4.64. The number of hydrogen-bond donors (Lipinski definition) is 0. The van der Waals surface area contributed by atoms with Gasteiger partial charge in [0.2, 0.25) is 0 Å². The average molecular weight is 225 g/mol. The fraction of sp³-hybridized carbons (Fsp3) is 0.0909. The molecule has 0 amide bonds. The molecule has 0 aromatic heterocycles. The van der Waals surface area contributed by atoms with E-state index in [1.807, 2.05) is 12.1 Å². The van der Waals surface area contributed by atoms with Crippen molar-refractivity contribution in [2.75, 3.05) is 0 Å². The summed E-state index contributed by atoms with van der Waals surface area (Å²) in [4.78, 5) is 0. The predicted octanol–water partition coefficient (Wildman–Crippen LogP) is 3.38. The third-order valence-electron chi connectivity index (χ3n) is 1.88. The molecule has 0 saturated heterocycles. The van der Waals surface area contributed by atoms with E-state index in [0.29, 0.717) is 5.92 Å². The van der Waals surface area contributed by atoms with Crippen LogP contribution in [0.25, 0.3) is 0 Å². The topological polar surface area (TPSA) is 0 Å². The molecule has 0 N–H and O–H groups in total. The summed E-state index contributed by atoms with van der Waals surface area (Å²) in [6.07, 6.45) is 8.55. The first-order valence-corrected chi connectivity index (χ1v) is 6.11. The normalized spacial score (nSPS) is 13.8. The fourth-order valence-corrected chi connectivity index (χ4v) is 1.28. The first-order valence-electron chi connectivity index (χ1n) is 3.97. The van der Waals surface area contributed by atoms with E-state index >= 15 is 0 Å². The summed E-state index contributed by atoms with van der Waals surface area (Å²) in [5, 5.41) is 0. The Morgan fingerprint density at radius 3 is 2.15 bits per heavy atom. The zero-order valence-electron chi connectivity index (χ0n) is 7.07. The van der Waals surface area contributed by atoms with Gasteiger partial charge in [-0.1, -0.05) is 48.6 Å². The van der Waals surface area contributed by atoms with Crippen LogP contribution in [0.3, 0.4) is 0 Å². The van der Waals surface area contributed by atoms with Crippen molar-refractivity contribution in [3.05, 3.63) is 60.2 Å². The molecule has 1 aromatic rings. The molecule has 0 nitrogen and oxygen atoms in total. The van der Waals surface area contributed by atoms with E-state index in [4.69, 9.17) is 0 Å². The second-order valence-corrected chi connectivity index (χ2v) is 2.63. The average Bonchev–Trinajstić information content (AvgIpc) is 2.75. The Kier molecular flexibility index (Phi) is 5.14. The van der Waals surface area contributed by atoms with Crippen LogP contribution in [0.4, 0.5) is 0 Å². The summed E-state index contributed by atoms with van der Waals surface area (Å²) < 4.78 is 0. The first kappa shape index (κ1) is 10.8. The van der Waals surface area contributed by atoms with E-state index in [0.717, 1.165) is 0 Å². The Hall–Kier alpha value is -0.296. The van der Waals surface area contributed by atoms with Crippen LogP contribution in [-0.2, 0) is 19.4 Å². The van der Waals surface area contributed by atoms with Crippen LogP contribution in [0, 0.1) is 6.07 Å². The Morgan fingerprint density at radius 2 is 1.62 bits per heavy atom. The van der Waals surface area contributed by atoms with Crippen molar-refractivity contribution in [2.24, 2.45) is 0 Å². The van der Waals surface area contributed by atoms with Crippen molar-refractivity contribution in [3.63, 3.8) is 0 Å². The summed E-state index contributed by atoms with van der Waals surface area (Å²) >= 11 is 1.47. The second-order valence-electron chi connectivity index (χ2n) is 2.63. The van der Waals surface area contributed by atoms with E-state index in [1.54, 1.807) is 0 Å². The predicted molar refractivity (Wildman–Crippen MR) is 52.2 cm³/mol. The number of rotatable bonds is 1. The smallest absolute Gasteiger partial charge is 0.0204 e. The standard InChI is InChI=1S/C11H9.ClH.Ti/c1-2-6-10(7-3-1)11-8-4-5-9-11;;/h2-9,11H;1H;/q;;+1/p-1. The summed E-state index contributed by atoms with van der Waals surface area (Å²) in [5.74, 6) is 0.490. The van der Waals surface area contributed by atoms with Crippen molar-refractivity contribution in [2.45, 2.75) is 5.92 Å². The molecule has 0 fully saturated rings. The maximum Gasteiger partial charge on any atom is 0.0204 e. The zero-order valence-corrected chi connectivity index (χ0v) is 9.39. The minimum Gasteiger partial charge on any atom is -0.0732 e.